The molecule has 0 aliphatic carbocycles. The summed E-state index contributed by atoms with van der Waals surface area (Å²) in [5.41, 5.74) is 0.392. The lowest BCUT2D eigenvalue weighted by Gasteiger charge is -2.00. The molecule has 0 aliphatic heterocycles. The SMILES string of the molecule is COC(=O)c1ccoc1CSc1csc(C(=O)O)c1. The van der Waals surface area contributed by atoms with E-state index in [0.29, 0.717) is 17.1 Å². The molecule has 0 radical (unpaired) electrons. The second-order valence-electron chi connectivity index (χ2n) is 3.49. The Morgan fingerprint density at radius 3 is 2.95 bits per heavy atom. The average Bonchev–Trinajstić information content (AvgIpc) is 3.04. The van der Waals surface area contributed by atoms with Gasteiger partial charge in [-0.15, -0.1) is 23.1 Å². The minimum absolute atomic E-state index is 0.287. The highest BCUT2D eigenvalue weighted by atomic mass is 32.2. The van der Waals surface area contributed by atoms with Gasteiger partial charge in [0.15, 0.2) is 0 Å². The Labute approximate surface area is 117 Å². The second-order valence-corrected chi connectivity index (χ2v) is 5.45. The van der Waals surface area contributed by atoms with Crippen LogP contribution in [0.15, 0.2) is 33.1 Å². The summed E-state index contributed by atoms with van der Waals surface area (Å²) in [5, 5.41) is 10.6. The molecule has 1 N–H and O–H groups in total. The maximum absolute atomic E-state index is 11.4. The molecule has 2 aromatic heterocycles. The number of carboxylic acid groups (broad SMARTS) is 1. The van der Waals surface area contributed by atoms with Crippen LogP contribution in [0.5, 0.6) is 0 Å². The lowest BCUT2D eigenvalue weighted by Crippen LogP contribution is -2.02. The largest absolute Gasteiger partial charge is 0.477 e. The summed E-state index contributed by atoms with van der Waals surface area (Å²) in [7, 11) is 1.31. The summed E-state index contributed by atoms with van der Waals surface area (Å²) < 4.78 is 9.87. The highest BCUT2D eigenvalue weighted by molar-refractivity contribution is 7.98. The van der Waals surface area contributed by atoms with Gasteiger partial charge in [0.25, 0.3) is 0 Å². The Morgan fingerprint density at radius 2 is 2.32 bits per heavy atom. The van der Waals surface area contributed by atoms with Crippen molar-refractivity contribution in [2.45, 2.75) is 10.6 Å². The van der Waals surface area contributed by atoms with E-state index in [1.54, 1.807) is 17.5 Å². The van der Waals surface area contributed by atoms with Gasteiger partial charge in [0, 0.05) is 10.3 Å². The van der Waals surface area contributed by atoms with Gasteiger partial charge in [-0.25, -0.2) is 9.59 Å². The summed E-state index contributed by atoms with van der Waals surface area (Å²) >= 11 is 2.57. The third kappa shape index (κ3) is 3.18. The number of hydrogen-bond acceptors (Lipinski definition) is 6. The minimum atomic E-state index is -0.940. The molecule has 5 nitrogen and oxygen atoms in total. The molecule has 19 heavy (non-hydrogen) atoms. The molecule has 2 aromatic rings. The van der Waals surface area contributed by atoms with Crippen molar-refractivity contribution in [1.82, 2.24) is 0 Å². The monoisotopic (exact) mass is 298 g/mol. The number of carbonyl (C=O) groups excluding carboxylic acids is 1. The van der Waals surface area contributed by atoms with Crippen LogP contribution in [0.3, 0.4) is 0 Å². The maximum Gasteiger partial charge on any atom is 0.345 e. The van der Waals surface area contributed by atoms with E-state index in [4.69, 9.17) is 9.52 Å². The van der Waals surface area contributed by atoms with Crippen LogP contribution in [0.4, 0.5) is 0 Å². The van der Waals surface area contributed by atoms with E-state index < -0.39 is 11.9 Å². The number of furan rings is 1. The smallest absolute Gasteiger partial charge is 0.345 e. The molecule has 2 rings (SSSR count). The molecular weight excluding hydrogens is 288 g/mol. The maximum atomic E-state index is 11.4. The van der Waals surface area contributed by atoms with Crippen LogP contribution < -0.4 is 0 Å². The van der Waals surface area contributed by atoms with Crippen molar-refractivity contribution in [2.75, 3.05) is 7.11 Å². The summed E-state index contributed by atoms with van der Waals surface area (Å²) in [6, 6.07) is 3.15. The minimum Gasteiger partial charge on any atom is -0.477 e. The molecule has 2 heterocycles. The van der Waals surface area contributed by atoms with Crippen molar-refractivity contribution in [3.63, 3.8) is 0 Å². The highest BCUT2D eigenvalue weighted by Gasteiger charge is 2.15. The number of ether oxygens (including phenoxy) is 1. The fraction of sp³-hybridized carbons (Fsp3) is 0.167. The quantitative estimate of drug-likeness (QED) is 0.675. The Morgan fingerprint density at radius 1 is 1.53 bits per heavy atom. The van der Waals surface area contributed by atoms with Crippen molar-refractivity contribution < 1.29 is 23.8 Å². The molecule has 0 fully saturated rings. The van der Waals surface area contributed by atoms with Crippen LogP contribution in [0.25, 0.3) is 0 Å². The second kappa shape index (κ2) is 5.94. The zero-order valence-corrected chi connectivity index (χ0v) is 11.5. The van der Waals surface area contributed by atoms with Crippen molar-refractivity contribution in [3.05, 3.63) is 40.0 Å². The molecule has 100 valence electrons. The number of carbonyl (C=O) groups is 2. The van der Waals surface area contributed by atoms with Gasteiger partial charge in [-0.05, 0) is 12.1 Å². The molecule has 0 saturated heterocycles. The Balaban J connectivity index is 2.04. The summed E-state index contributed by atoms with van der Waals surface area (Å²) in [6.45, 7) is 0. The van der Waals surface area contributed by atoms with Gasteiger partial charge in [0.2, 0.25) is 0 Å². The Bertz CT molecular complexity index is 599. The van der Waals surface area contributed by atoms with Gasteiger partial charge < -0.3 is 14.3 Å². The lowest BCUT2D eigenvalue weighted by atomic mass is 10.3. The fourth-order valence-electron chi connectivity index (χ4n) is 1.40. The standard InChI is InChI=1S/C12H10O5S2/c1-16-12(15)8-2-3-17-9(8)6-18-7-4-10(11(13)14)19-5-7/h2-5H,6H2,1H3,(H,13,14). The molecule has 0 unspecified atom stereocenters. The predicted molar refractivity (Wildman–Crippen MR) is 70.9 cm³/mol. The number of carboxylic acids is 1. The Hall–Kier alpha value is -1.73. The number of rotatable bonds is 5. The zero-order chi connectivity index (χ0) is 13.8. The van der Waals surface area contributed by atoms with E-state index in [0.717, 1.165) is 4.90 Å². The summed E-state index contributed by atoms with van der Waals surface area (Å²) in [4.78, 5) is 23.3. The van der Waals surface area contributed by atoms with Crippen molar-refractivity contribution in [1.29, 1.82) is 0 Å². The van der Waals surface area contributed by atoms with Crippen molar-refractivity contribution in [2.24, 2.45) is 0 Å². The van der Waals surface area contributed by atoms with Crippen LogP contribution >= 0.6 is 23.1 Å². The first-order valence-corrected chi connectivity index (χ1v) is 7.07. The lowest BCUT2D eigenvalue weighted by molar-refractivity contribution is 0.0597. The molecule has 0 amide bonds. The molecule has 0 spiro atoms. The number of esters is 1. The molecule has 0 aromatic carbocycles. The van der Waals surface area contributed by atoms with Crippen LogP contribution in [-0.2, 0) is 10.5 Å². The molecule has 0 saturated carbocycles. The molecular formula is C12H10O5S2. The van der Waals surface area contributed by atoms with Crippen LogP contribution in [0, 0.1) is 0 Å². The average molecular weight is 298 g/mol. The Kier molecular flexibility index (Phi) is 4.28. The summed E-state index contributed by atoms with van der Waals surface area (Å²) in [5.74, 6) is -0.432. The number of thiophene rings is 1. The van der Waals surface area contributed by atoms with Gasteiger partial charge >= 0.3 is 11.9 Å². The fourth-order valence-corrected chi connectivity index (χ4v) is 3.22. The number of aromatic carboxylic acids is 1. The normalized spacial score (nSPS) is 10.4. The van der Waals surface area contributed by atoms with Crippen LogP contribution in [-0.4, -0.2) is 24.2 Å². The third-order valence-corrected chi connectivity index (χ3v) is 4.35. The molecule has 7 heteroatoms. The summed E-state index contributed by atoms with van der Waals surface area (Å²) in [6.07, 6.45) is 1.43. The molecule has 0 atom stereocenters. The highest BCUT2D eigenvalue weighted by Crippen LogP contribution is 2.29. The molecule has 0 bridgehead atoms. The molecule has 0 aliphatic rings. The van der Waals surface area contributed by atoms with Gasteiger partial charge in [-0.2, -0.15) is 0 Å². The van der Waals surface area contributed by atoms with E-state index in [-0.39, 0.29) is 4.88 Å². The van der Waals surface area contributed by atoms with E-state index in [1.165, 1.54) is 36.5 Å². The number of hydrogen-bond donors (Lipinski definition) is 1. The van der Waals surface area contributed by atoms with E-state index in [1.807, 2.05) is 0 Å². The van der Waals surface area contributed by atoms with Crippen molar-refractivity contribution in [3.8, 4) is 0 Å². The van der Waals surface area contributed by atoms with Gasteiger partial charge in [-0.1, -0.05) is 0 Å². The first-order valence-electron chi connectivity index (χ1n) is 5.21. The van der Waals surface area contributed by atoms with E-state index in [2.05, 4.69) is 4.74 Å². The number of thioether (sulfide) groups is 1. The van der Waals surface area contributed by atoms with Gasteiger partial charge in [-0.3, -0.25) is 0 Å². The topological polar surface area (TPSA) is 76.7 Å². The first kappa shape index (κ1) is 13.7. The van der Waals surface area contributed by atoms with Crippen LogP contribution in [0.1, 0.15) is 25.8 Å². The van der Waals surface area contributed by atoms with Gasteiger partial charge in [0.05, 0.1) is 19.1 Å². The van der Waals surface area contributed by atoms with E-state index >= 15 is 0 Å². The van der Waals surface area contributed by atoms with E-state index in [9.17, 15) is 9.59 Å². The zero-order valence-electron chi connectivity index (χ0n) is 9.91. The van der Waals surface area contributed by atoms with Gasteiger partial charge in [0.1, 0.15) is 16.2 Å². The van der Waals surface area contributed by atoms with Crippen molar-refractivity contribution >= 4 is 35.0 Å². The number of methoxy groups -OCH3 is 1. The van der Waals surface area contributed by atoms with Crippen LogP contribution in [0.2, 0.25) is 0 Å². The first-order chi connectivity index (χ1) is 9.11. The third-order valence-electron chi connectivity index (χ3n) is 2.31. The predicted octanol–water partition coefficient (Wildman–Crippen LogP) is 3.12.